The van der Waals surface area contributed by atoms with Gasteiger partial charge in [0.15, 0.2) is 0 Å². The third kappa shape index (κ3) is 6.79. The molecule has 0 aliphatic rings. The number of ether oxygens (including phenoxy) is 1. The Morgan fingerprint density at radius 1 is 1.11 bits per heavy atom. The molecule has 2 N–H and O–H groups in total. The zero-order chi connectivity index (χ0) is 20.6. The predicted octanol–water partition coefficient (Wildman–Crippen LogP) is 4.60. The molecule has 0 aliphatic heterocycles. The van der Waals surface area contributed by atoms with Crippen LogP contribution < -0.4 is 10.6 Å². The normalized spacial score (nSPS) is 11.3. The molecule has 28 heavy (non-hydrogen) atoms. The molecule has 2 aromatic rings. The van der Waals surface area contributed by atoms with Crippen LogP contribution in [0.1, 0.15) is 23.6 Å². The van der Waals surface area contributed by atoms with Crippen LogP contribution in [0.4, 0.5) is 23.7 Å². The number of carbonyl (C=O) groups excluding carboxylic acids is 2. The average Bonchev–Trinajstić information content (AvgIpc) is 2.66. The van der Waals surface area contributed by atoms with Crippen LogP contribution >= 0.6 is 0 Å². The van der Waals surface area contributed by atoms with Gasteiger partial charge in [-0.15, -0.1) is 0 Å². The second-order valence-electron chi connectivity index (χ2n) is 5.71. The lowest BCUT2D eigenvalue weighted by molar-refractivity contribution is -0.138. The molecule has 0 saturated carbocycles. The summed E-state index contributed by atoms with van der Waals surface area (Å²) in [5.41, 5.74) is 0.806. The largest absolute Gasteiger partial charge is 0.463 e. The van der Waals surface area contributed by atoms with E-state index in [9.17, 15) is 22.8 Å². The third-order valence-corrected chi connectivity index (χ3v) is 3.57. The van der Waals surface area contributed by atoms with Gasteiger partial charge in [0.25, 0.3) is 0 Å². The Bertz CT molecular complexity index is 847. The number of rotatable bonds is 6. The number of nitrogens with one attached hydrogen (secondary N) is 2. The summed E-state index contributed by atoms with van der Waals surface area (Å²) in [5.74, 6) is -0.446. The summed E-state index contributed by atoms with van der Waals surface area (Å²) in [6.45, 7) is 1.96. The lowest BCUT2D eigenvalue weighted by Crippen LogP contribution is -2.28. The molecule has 0 heterocycles. The number of anilines is 1. The van der Waals surface area contributed by atoms with E-state index >= 15 is 0 Å². The van der Waals surface area contributed by atoms with Crippen LogP contribution in [0.25, 0.3) is 6.08 Å². The van der Waals surface area contributed by atoms with Gasteiger partial charge in [0, 0.05) is 18.3 Å². The van der Waals surface area contributed by atoms with Crippen molar-refractivity contribution in [2.75, 3.05) is 11.9 Å². The highest BCUT2D eigenvalue weighted by molar-refractivity contribution is 5.90. The van der Waals surface area contributed by atoms with Crippen molar-refractivity contribution < 1.29 is 27.5 Å². The van der Waals surface area contributed by atoms with Crippen LogP contribution in [0.2, 0.25) is 0 Å². The molecule has 2 rings (SSSR count). The number of amides is 2. The highest BCUT2D eigenvalue weighted by Gasteiger charge is 2.30. The number of benzene rings is 2. The van der Waals surface area contributed by atoms with E-state index in [1.54, 1.807) is 37.3 Å². The number of hydrogen-bond acceptors (Lipinski definition) is 3. The summed E-state index contributed by atoms with van der Waals surface area (Å²) >= 11 is 0. The molecule has 0 aromatic heterocycles. The maximum Gasteiger partial charge on any atom is 0.416 e. The van der Waals surface area contributed by atoms with Gasteiger partial charge < -0.3 is 15.4 Å². The number of urea groups is 1. The number of carbonyl (C=O) groups is 2. The summed E-state index contributed by atoms with van der Waals surface area (Å²) in [7, 11) is 0. The van der Waals surface area contributed by atoms with E-state index in [0.29, 0.717) is 17.9 Å². The Morgan fingerprint density at radius 2 is 1.82 bits per heavy atom. The zero-order valence-corrected chi connectivity index (χ0v) is 15.0. The minimum absolute atomic E-state index is 0.0455. The fourth-order valence-corrected chi connectivity index (χ4v) is 2.25. The Labute approximate surface area is 160 Å². The number of halogens is 3. The van der Waals surface area contributed by atoms with E-state index in [1.807, 2.05) is 0 Å². The van der Waals surface area contributed by atoms with E-state index in [2.05, 4.69) is 10.6 Å². The molecule has 0 radical (unpaired) electrons. The minimum Gasteiger partial charge on any atom is -0.463 e. The summed E-state index contributed by atoms with van der Waals surface area (Å²) < 4.78 is 42.9. The first-order valence-corrected chi connectivity index (χ1v) is 8.44. The Balaban J connectivity index is 1.87. The average molecular weight is 392 g/mol. The lowest BCUT2D eigenvalue weighted by Gasteiger charge is -2.10. The first-order valence-electron chi connectivity index (χ1n) is 8.44. The topological polar surface area (TPSA) is 67.4 Å². The van der Waals surface area contributed by atoms with Gasteiger partial charge in [0.1, 0.15) is 0 Å². The number of hydrogen-bond donors (Lipinski definition) is 2. The van der Waals surface area contributed by atoms with Gasteiger partial charge in [-0.1, -0.05) is 24.3 Å². The van der Waals surface area contributed by atoms with Gasteiger partial charge in [-0.2, -0.15) is 13.2 Å². The molecule has 0 saturated heterocycles. The van der Waals surface area contributed by atoms with Gasteiger partial charge in [-0.05, 0) is 48.4 Å². The molecule has 2 aromatic carbocycles. The van der Waals surface area contributed by atoms with Crippen LogP contribution in [0.3, 0.4) is 0 Å². The molecular weight excluding hydrogens is 373 g/mol. The molecule has 8 heteroatoms. The van der Waals surface area contributed by atoms with Gasteiger partial charge in [-0.25, -0.2) is 9.59 Å². The highest BCUT2D eigenvalue weighted by atomic mass is 19.4. The highest BCUT2D eigenvalue weighted by Crippen LogP contribution is 2.29. The quantitative estimate of drug-likeness (QED) is 0.558. The SMILES string of the molecule is CCOC(=O)/C=C/c1ccc(NC(=O)NCc2cccc(C(F)(F)F)c2)cc1. The first kappa shape index (κ1) is 21.0. The Kier molecular flexibility index (Phi) is 7.20. The molecule has 0 spiro atoms. The standard InChI is InChI=1S/C20H19F3N2O3/c1-2-28-18(26)11-8-14-6-9-17(10-7-14)25-19(27)24-13-15-4-3-5-16(12-15)20(21,22)23/h3-12H,2,13H2,1H3,(H2,24,25,27)/b11-8+. The second-order valence-corrected chi connectivity index (χ2v) is 5.71. The van der Waals surface area contributed by atoms with Crippen molar-refractivity contribution in [2.24, 2.45) is 0 Å². The molecule has 0 unspecified atom stereocenters. The minimum atomic E-state index is -4.43. The van der Waals surface area contributed by atoms with Gasteiger partial charge in [0.2, 0.25) is 0 Å². The van der Waals surface area contributed by atoms with Crippen molar-refractivity contribution >= 4 is 23.8 Å². The maximum absolute atomic E-state index is 12.7. The van der Waals surface area contributed by atoms with E-state index in [0.717, 1.165) is 17.7 Å². The van der Waals surface area contributed by atoms with Crippen molar-refractivity contribution in [1.82, 2.24) is 5.32 Å². The second kappa shape index (κ2) is 9.59. The van der Waals surface area contributed by atoms with Crippen LogP contribution in [0, 0.1) is 0 Å². The molecule has 0 atom stereocenters. The van der Waals surface area contributed by atoms with Crippen molar-refractivity contribution in [1.29, 1.82) is 0 Å². The van der Waals surface area contributed by atoms with Gasteiger partial charge in [-0.3, -0.25) is 0 Å². The molecule has 148 valence electrons. The van der Waals surface area contributed by atoms with Gasteiger partial charge >= 0.3 is 18.2 Å². The monoisotopic (exact) mass is 392 g/mol. The zero-order valence-electron chi connectivity index (χ0n) is 15.0. The van der Waals surface area contributed by atoms with Crippen molar-refractivity contribution in [3.8, 4) is 0 Å². The smallest absolute Gasteiger partial charge is 0.416 e. The first-order chi connectivity index (χ1) is 13.3. The van der Waals surface area contributed by atoms with E-state index in [1.165, 1.54) is 18.2 Å². The fourth-order valence-electron chi connectivity index (χ4n) is 2.25. The van der Waals surface area contributed by atoms with Crippen molar-refractivity contribution in [3.05, 3.63) is 71.3 Å². The van der Waals surface area contributed by atoms with E-state index in [4.69, 9.17) is 4.74 Å². The molecule has 2 amide bonds. The molecule has 0 fully saturated rings. The summed E-state index contributed by atoms with van der Waals surface area (Å²) in [6.07, 6.45) is -1.55. The summed E-state index contributed by atoms with van der Waals surface area (Å²) in [5, 5.41) is 5.08. The van der Waals surface area contributed by atoms with Crippen LogP contribution in [-0.4, -0.2) is 18.6 Å². The number of esters is 1. The summed E-state index contributed by atoms with van der Waals surface area (Å²) in [4.78, 5) is 23.2. The fraction of sp³-hybridized carbons (Fsp3) is 0.200. The maximum atomic E-state index is 12.7. The van der Waals surface area contributed by atoms with Crippen LogP contribution in [0.15, 0.2) is 54.6 Å². The van der Waals surface area contributed by atoms with E-state index in [-0.39, 0.29) is 6.54 Å². The third-order valence-electron chi connectivity index (χ3n) is 3.57. The molecular formula is C20H19F3N2O3. The van der Waals surface area contributed by atoms with Gasteiger partial charge in [0.05, 0.1) is 12.2 Å². The van der Waals surface area contributed by atoms with Crippen molar-refractivity contribution in [2.45, 2.75) is 19.6 Å². The molecule has 0 bridgehead atoms. The van der Waals surface area contributed by atoms with Crippen LogP contribution in [0.5, 0.6) is 0 Å². The Hall–Kier alpha value is -3.29. The van der Waals surface area contributed by atoms with Crippen LogP contribution in [-0.2, 0) is 22.3 Å². The molecule has 5 nitrogen and oxygen atoms in total. The molecule has 0 aliphatic carbocycles. The Morgan fingerprint density at radius 3 is 2.46 bits per heavy atom. The predicted molar refractivity (Wildman–Crippen MR) is 99.4 cm³/mol. The lowest BCUT2D eigenvalue weighted by atomic mass is 10.1. The number of alkyl halides is 3. The summed E-state index contributed by atoms with van der Waals surface area (Å²) in [6, 6.07) is 10.9. The van der Waals surface area contributed by atoms with Crippen molar-refractivity contribution in [3.63, 3.8) is 0 Å². The van der Waals surface area contributed by atoms with E-state index < -0.39 is 23.7 Å².